The van der Waals surface area contributed by atoms with Crippen LogP contribution < -0.4 is 9.47 Å². The van der Waals surface area contributed by atoms with Gasteiger partial charge in [-0.05, 0) is 31.0 Å². The standard InChI is InChI=1S/C23H26O4/c1-3-5-13-26-21-17-9-7-8-10-18(17)22(27-14-6-4-2)20-15-16(23(24)25)11-12-19(20)21/h7-12,15H,3-6,13-14H2,1-2H3,(H,24,25). The van der Waals surface area contributed by atoms with Gasteiger partial charge in [-0.2, -0.15) is 0 Å². The van der Waals surface area contributed by atoms with Gasteiger partial charge in [0, 0.05) is 21.5 Å². The van der Waals surface area contributed by atoms with Crippen molar-refractivity contribution in [3.05, 3.63) is 48.0 Å². The quantitative estimate of drug-likeness (QED) is 0.370. The normalized spacial score (nSPS) is 11.0. The predicted octanol–water partition coefficient (Wildman–Crippen LogP) is 6.05. The number of fused-ring (bicyclic) bond motifs is 2. The lowest BCUT2D eigenvalue weighted by molar-refractivity contribution is 0.0697. The smallest absolute Gasteiger partial charge is 0.335 e. The number of ether oxygens (including phenoxy) is 2. The summed E-state index contributed by atoms with van der Waals surface area (Å²) >= 11 is 0. The molecule has 0 amide bonds. The Morgan fingerprint density at radius 3 is 1.85 bits per heavy atom. The molecule has 0 atom stereocenters. The van der Waals surface area contributed by atoms with E-state index in [-0.39, 0.29) is 5.56 Å². The van der Waals surface area contributed by atoms with Crippen LogP contribution in [0.15, 0.2) is 42.5 Å². The van der Waals surface area contributed by atoms with Crippen molar-refractivity contribution in [2.24, 2.45) is 0 Å². The molecule has 0 unspecified atom stereocenters. The van der Waals surface area contributed by atoms with Gasteiger partial charge in [-0.1, -0.05) is 51.0 Å². The average Bonchev–Trinajstić information content (AvgIpc) is 2.69. The fraction of sp³-hybridized carbons (Fsp3) is 0.348. The second kappa shape index (κ2) is 8.76. The number of benzene rings is 3. The summed E-state index contributed by atoms with van der Waals surface area (Å²) in [6.07, 6.45) is 4.01. The van der Waals surface area contributed by atoms with Gasteiger partial charge in [0.2, 0.25) is 0 Å². The Hall–Kier alpha value is -2.75. The monoisotopic (exact) mass is 366 g/mol. The van der Waals surface area contributed by atoms with E-state index >= 15 is 0 Å². The highest BCUT2D eigenvalue weighted by Crippen LogP contribution is 2.43. The van der Waals surface area contributed by atoms with Crippen molar-refractivity contribution in [1.29, 1.82) is 0 Å². The van der Waals surface area contributed by atoms with E-state index in [1.807, 2.05) is 30.3 Å². The van der Waals surface area contributed by atoms with Crippen LogP contribution in [0.3, 0.4) is 0 Å². The van der Waals surface area contributed by atoms with Gasteiger partial charge in [0.15, 0.2) is 0 Å². The van der Waals surface area contributed by atoms with E-state index in [0.29, 0.717) is 13.2 Å². The molecule has 0 aromatic heterocycles. The van der Waals surface area contributed by atoms with E-state index < -0.39 is 5.97 Å². The Labute approximate surface area is 159 Å². The molecule has 27 heavy (non-hydrogen) atoms. The molecule has 3 rings (SSSR count). The maximum absolute atomic E-state index is 11.5. The molecule has 0 bridgehead atoms. The average molecular weight is 366 g/mol. The lowest BCUT2D eigenvalue weighted by Crippen LogP contribution is -2.03. The Morgan fingerprint density at radius 2 is 1.33 bits per heavy atom. The fourth-order valence-corrected chi connectivity index (χ4v) is 3.18. The van der Waals surface area contributed by atoms with Gasteiger partial charge in [-0.3, -0.25) is 0 Å². The fourth-order valence-electron chi connectivity index (χ4n) is 3.18. The summed E-state index contributed by atoms with van der Waals surface area (Å²) in [7, 11) is 0. The molecule has 0 aliphatic heterocycles. The number of carboxylic acids is 1. The van der Waals surface area contributed by atoms with Crippen molar-refractivity contribution in [2.45, 2.75) is 39.5 Å². The largest absolute Gasteiger partial charge is 0.492 e. The summed E-state index contributed by atoms with van der Waals surface area (Å²) in [5.74, 6) is 0.590. The first-order valence-electron chi connectivity index (χ1n) is 9.64. The topological polar surface area (TPSA) is 55.8 Å². The molecule has 142 valence electrons. The number of carboxylic acid groups (broad SMARTS) is 1. The number of aromatic carboxylic acids is 1. The van der Waals surface area contributed by atoms with Gasteiger partial charge in [0.05, 0.1) is 18.8 Å². The molecule has 0 spiro atoms. The highest BCUT2D eigenvalue weighted by Gasteiger charge is 2.17. The maximum atomic E-state index is 11.5. The van der Waals surface area contributed by atoms with Crippen molar-refractivity contribution < 1.29 is 19.4 Å². The zero-order chi connectivity index (χ0) is 19.2. The second-order valence-electron chi connectivity index (χ2n) is 6.67. The van der Waals surface area contributed by atoms with E-state index in [1.165, 1.54) is 0 Å². The highest BCUT2D eigenvalue weighted by molar-refractivity contribution is 6.12. The zero-order valence-corrected chi connectivity index (χ0v) is 16.0. The lowest BCUT2D eigenvalue weighted by Gasteiger charge is -2.18. The summed E-state index contributed by atoms with van der Waals surface area (Å²) in [6.45, 7) is 5.48. The van der Waals surface area contributed by atoms with Crippen LogP contribution >= 0.6 is 0 Å². The lowest BCUT2D eigenvalue weighted by atomic mass is 9.98. The van der Waals surface area contributed by atoms with E-state index in [2.05, 4.69) is 13.8 Å². The van der Waals surface area contributed by atoms with Gasteiger partial charge < -0.3 is 14.6 Å². The van der Waals surface area contributed by atoms with Crippen molar-refractivity contribution in [3.63, 3.8) is 0 Å². The molecule has 0 radical (unpaired) electrons. The molecule has 3 aromatic rings. The molecule has 0 fully saturated rings. The predicted molar refractivity (Wildman–Crippen MR) is 109 cm³/mol. The van der Waals surface area contributed by atoms with Crippen molar-refractivity contribution >= 4 is 27.5 Å². The second-order valence-corrected chi connectivity index (χ2v) is 6.67. The van der Waals surface area contributed by atoms with Crippen LogP contribution in [-0.4, -0.2) is 24.3 Å². The summed E-state index contributed by atoms with van der Waals surface area (Å²) < 4.78 is 12.3. The Kier molecular flexibility index (Phi) is 6.17. The van der Waals surface area contributed by atoms with Crippen molar-refractivity contribution in [1.82, 2.24) is 0 Å². The highest BCUT2D eigenvalue weighted by atomic mass is 16.5. The van der Waals surface area contributed by atoms with Crippen LogP contribution in [0.5, 0.6) is 11.5 Å². The number of hydrogen-bond acceptors (Lipinski definition) is 3. The minimum absolute atomic E-state index is 0.248. The van der Waals surface area contributed by atoms with Gasteiger partial charge in [-0.15, -0.1) is 0 Å². The molecule has 3 aromatic carbocycles. The van der Waals surface area contributed by atoms with Crippen LogP contribution in [0.4, 0.5) is 0 Å². The van der Waals surface area contributed by atoms with E-state index in [1.54, 1.807) is 12.1 Å². The molecular formula is C23H26O4. The Balaban J connectivity index is 2.25. The summed E-state index contributed by atoms with van der Waals surface area (Å²) in [5, 5.41) is 13.1. The minimum Gasteiger partial charge on any atom is -0.492 e. The van der Waals surface area contributed by atoms with Crippen LogP contribution in [0, 0.1) is 0 Å². The van der Waals surface area contributed by atoms with Crippen molar-refractivity contribution in [3.8, 4) is 11.5 Å². The minimum atomic E-state index is -0.946. The SMILES string of the molecule is CCCCOc1c2ccccc2c(OCCCC)c2cc(C(=O)O)ccc12. The Bertz CT molecular complexity index is 946. The molecule has 1 N–H and O–H groups in total. The van der Waals surface area contributed by atoms with E-state index in [0.717, 1.165) is 58.7 Å². The first-order chi connectivity index (χ1) is 13.2. The molecule has 4 nitrogen and oxygen atoms in total. The first-order valence-corrected chi connectivity index (χ1v) is 9.64. The maximum Gasteiger partial charge on any atom is 0.335 e. The number of rotatable bonds is 9. The summed E-state index contributed by atoms with van der Waals surface area (Å²) in [4.78, 5) is 11.5. The first kappa shape index (κ1) is 19.0. The Morgan fingerprint density at radius 1 is 0.815 bits per heavy atom. The van der Waals surface area contributed by atoms with Crippen molar-refractivity contribution in [2.75, 3.05) is 13.2 Å². The number of hydrogen-bond donors (Lipinski definition) is 1. The summed E-state index contributed by atoms with van der Waals surface area (Å²) in [5.41, 5.74) is 0.248. The molecule has 0 heterocycles. The molecule has 0 saturated carbocycles. The third kappa shape index (κ3) is 4.00. The third-order valence-electron chi connectivity index (χ3n) is 4.66. The van der Waals surface area contributed by atoms with Gasteiger partial charge in [0.25, 0.3) is 0 Å². The van der Waals surface area contributed by atoms with Crippen LogP contribution in [0.2, 0.25) is 0 Å². The van der Waals surface area contributed by atoms with Gasteiger partial charge >= 0.3 is 5.97 Å². The van der Waals surface area contributed by atoms with Crippen LogP contribution in [0.1, 0.15) is 49.9 Å². The molecular weight excluding hydrogens is 340 g/mol. The molecule has 0 aliphatic rings. The van der Waals surface area contributed by atoms with E-state index in [4.69, 9.17) is 9.47 Å². The van der Waals surface area contributed by atoms with E-state index in [9.17, 15) is 9.90 Å². The van der Waals surface area contributed by atoms with Gasteiger partial charge in [0.1, 0.15) is 11.5 Å². The number of unbranched alkanes of at least 4 members (excludes halogenated alkanes) is 2. The molecule has 0 aliphatic carbocycles. The number of carbonyl (C=O) groups is 1. The van der Waals surface area contributed by atoms with Gasteiger partial charge in [-0.25, -0.2) is 4.79 Å². The third-order valence-corrected chi connectivity index (χ3v) is 4.66. The summed E-state index contributed by atoms with van der Waals surface area (Å²) in [6, 6.07) is 13.2. The van der Waals surface area contributed by atoms with Crippen LogP contribution in [0.25, 0.3) is 21.5 Å². The molecule has 4 heteroatoms. The zero-order valence-electron chi connectivity index (χ0n) is 16.0. The molecule has 0 saturated heterocycles. The van der Waals surface area contributed by atoms with Crippen LogP contribution in [-0.2, 0) is 0 Å².